The molecule has 32 heavy (non-hydrogen) atoms. The first-order chi connectivity index (χ1) is 15.7. The van der Waals surface area contributed by atoms with Crippen LogP contribution in [0, 0.1) is 11.6 Å². The van der Waals surface area contributed by atoms with Gasteiger partial charge in [-0.3, -0.25) is 4.90 Å². The highest BCUT2D eigenvalue weighted by Crippen LogP contribution is 2.32. The van der Waals surface area contributed by atoms with E-state index in [9.17, 15) is 8.78 Å². The van der Waals surface area contributed by atoms with Gasteiger partial charge in [-0.05, 0) is 66.9 Å². The van der Waals surface area contributed by atoms with E-state index in [1.807, 2.05) is 42.6 Å². The lowest BCUT2D eigenvalue weighted by atomic mass is 10.0. The molecule has 0 saturated carbocycles. The topological polar surface area (TPSA) is 22.3 Å². The number of aromatic amines is 1. The normalized spacial score (nSPS) is 14.9. The lowest BCUT2D eigenvalue weighted by Gasteiger charge is -2.37. The average molecular weight is 432 g/mol. The maximum absolute atomic E-state index is 14.0. The van der Waals surface area contributed by atoms with Crippen molar-refractivity contribution in [2.75, 3.05) is 37.6 Å². The molecule has 1 aliphatic rings. The van der Waals surface area contributed by atoms with Crippen molar-refractivity contribution in [2.45, 2.75) is 12.8 Å². The minimum absolute atomic E-state index is 0.190. The molecule has 1 N–H and O–H groups in total. The second-order valence-electron chi connectivity index (χ2n) is 8.46. The van der Waals surface area contributed by atoms with Crippen molar-refractivity contribution in [2.24, 2.45) is 0 Å². The number of benzene rings is 3. The molecule has 1 fully saturated rings. The molecule has 0 unspecified atom stereocenters. The summed E-state index contributed by atoms with van der Waals surface area (Å²) in [4.78, 5) is 8.08. The smallest absolute Gasteiger partial charge is 0.123 e. The van der Waals surface area contributed by atoms with E-state index in [1.54, 1.807) is 24.3 Å². The van der Waals surface area contributed by atoms with Gasteiger partial charge in [-0.1, -0.05) is 30.3 Å². The minimum atomic E-state index is -0.205. The Bertz CT molecular complexity index is 1190. The third-order valence-electron chi connectivity index (χ3n) is 6.41. The number of rotatable bonds is 6. The van der Waals surface area contributed by atoms with Gasteiger partial charge in [0.1, 0.15) is 11.6 Å². The molecule has 1 saturated heterocycles. The number of hydrogen-bond acceptors (Lipinski definition) is 2. The molecule has 0 spiro atoms. The number of hydrogen-bond donors (Lipinski definition) is 1. The summed E-state index contributed by atoms with van der Waals surface area (Å²) in [5.74, 6) is -0.395. The quantitative estimate of drug-likeness (QED) is 0.413. The molecule has 0 radical (unpaired) electrons. The first-order valence-electron chi connectivity index (χ1n) is 11.3. The third-order valence-corrected chi connectivity index (χ3v) is 6.41. The second-order valence-corrected chi connectivity index (χ2v) is 8.46. The molecule has 2 heterocycles. The maximum Gasteiger partial charge on any atom is 0.123 e. The molecule has 0 amide bonds. The number of aryl methyl sites for hydroxylation is 1. The van der Waals surface area contributed by atoms with Gasteiger partial charge in [-0.2, -0.15) is 0 Å². The van der Waals surface area contributed by atoms with Gasteiger partial charge in [0, 0.05) is 54.5 Å². The van der Waals surface area contributed by atoms with E-state index in [-0.39, 0.29) is 11.6 Å². The molecule has 5 rings (SSSR count). The van der Waals surface area contributed by atoms with Crippen molar-refractivity contribution < 1.29 is 8.78 Å². The van der Waals surface area contributed by atoms with Crippen LogP contribution in [0.4, 0.5) is 14.5 Å². The number of fused-ring (bicyclic) bond motifs is 1. The van der Waals surface area contributed by atoms with Crippen LogP contribution in [-0.2, 0) is 6.42 Å². The van der Waals surface area contributed by atoms with Crippen molar-refractivity contribution >= 4 is 16.6 Å². The summed E-state index contributed by atoms with van der Waals surface area (Å²) in [7, 11) is 0. The zero-order valence-electron chi connectivity index (χ0n) is 18.0. The molecule has 5 heteroatoms. The maximum atomic E-state index is 14.0. The second kappa shape index (κ2) is 9.13. The van der Waals surface area contributed by atoms with Crippen LogP contribution in [0.25, 0.3) is 22.0 Å². The van der Waals surface area contributed by atoms with Crippen molar-refractivity contribution in [1.29, 1.82) is 0 Å². The Kier molecular flexibility index (Phi) is 5.91. The number of halogens is 2. The van der Waals surface area contributed by atoms with E-state index in [2.05, 4.69) is 14.8 Å². The Morgan fingerprint density at radius 1 is 0.812 bits per heavy atom. The Balaban J connectivity index is 1.19. The summed E-state index contributed by atoms with van der Waals surface area (Å²) >= 11 is 0. The Hall–Kier alpha value is -3.18. The highest BCUT2D eigenvalue weighted by molar-refractivity contribution is 5.83. The van der Waals surface area contributed by atoms with Gasteiger partial charge in [0.2, 0.25) is 0 Å². The lowest BCUT2D eigenvalue weighted by Crippen LogP contribution is -2.46. The first kappa shape index (κ1) is 20.7. The standard InChI is InChI=1S/C27H27F2N3/c28-22-8-10-26-24(17-22)21(19-30-26)7-4-12-31-13-15-32(16-14-31)27-11-9-23(29)18-25(27)20-5-2-1-3-6-20/h1-3,5-6,8-11,17-19,30H,4,7,12-16H2. The fraction of sp³-hybridized carbons (Fsp3) is 0.259. The van der Waals surface area contributed by atoms with Crippen LogP contribution in [0.15, 0.2) is 72.9 Å². The van der Waals surface area contributed by atoms with Gasteiger partial charge in [0.25, 0.3) is 0 Å². The SMILES string of the molecule is Fc1ccc(N2CCN(CCCc3c[nH]c4ccc(F)cc34)CC2)c(-c2ccccc2)c1. The summed E-state index contributed by atoms with van der Waals surface area (Å²) in [6.45, 7) is 4.82. The van der Waals surface area contributed by atoms with Gasteiger partial charge in [0.15, 0.2) is 0 Å². The van der Waals surface area contributed by atoms with Crippen molar-refractivity contribution in [3.05, 3.63) is 90.1 Å². The molecular weight excluding hydrogens is 404 g/mol. The molecule has 0 bridgehead atoms. The van der Waals surface area contributed by atoms with Crippen LogP contribution in [0.1, 0.15) is 12.0 Å². The van der Waals surface area contributed by atoms with Crippen molar-refractivity contribution in [3.63, 3.8) is 0 Å². The van der Waals surface area contributed by atoms with Crippen LogP contribution in [0.3, 0.4) is 0 Å². The number of piperazine rings is 1. The summed E-state index contributed by atoms with van der Waals surface area (Å²) in [6.07, 6.45) is 3.97. The summed E-state index contributed by atoms with van der Waals surface area (Å²) in [6, 6.07) is 20.0. The highest BCUT2D eigenvalue weighted by atomic mass is 19.1. The monoisotopic (exact) mass is 431 g/mol. The number of nitrogens with zero attached hydrogens (tertiary/aromatic N) is 2. The summed E-state index contributed by atoms with van der Waals surface area (Å²) < 4.78 is 27.6. The molecule has 0 aliphatic carbocycles. The van der Waals surface area contributed by atoms with E-state index in [4.69, 9.17) is 0 Å². The van der Waals surface area contributed by atoms with E-state index in [0.717, 1.165) is 73.3 Å². The Morgan fingerprint density at radius 2 is 1.56 bits per heavy atom. The van der Waals surface area contributed by atoms with E-state index < -0.39 is 0 Å². The zero-order valence-corrected chi connectivity index (χ0v) is 18.0. The van der Waals surface area contributed by atoms with Crippen LogP contribution in [0.2, 0.25) is 0 Å². The van der Waals surface area contributed by atoms with E-state index in [0.29, 0.717) is 0 Å². The molecule has 1 aliphatic heterocycles. The third kappa shape index (κ3) is 4.39. The van der Waals surface area contributed by atoms with Gasteiger partial charge >= 0.3 is 0 Å². The molecule has 0 atom stereocenters. The Labute approximate surface area is 187 Å². The van der Waals surface area contributed by atoms with Crippen LogP contribution >= 0.6 is 0 Å². The number of nitrogens with one attached hydrogen (secondary N) is 1. The number of aromatic nitrogens is 1. The molecule has 1 aromatic heterocycles. The van der Waals surface area contributed by atoms with Crippen LogP contribution in [-0.4, -0.2) is 42.6 Å². The minimum Gasteiger partial charge on any atom is -0.368 e. The number of anilines is 1. The van der Waals surface area contributed by atoms with Crippen LogP contribution < -0.4 is 4.90 Å². The van der Waals surface area contributed by atoms with Gasteiger partial charge < -0.3 is 9.88 Å². The molecule has 4 aromatic rings. The fourth-order valence-corrected chi connectivity index (χ4v) is 4.70. The lowest BCUT2D eigenvalue weighted by molar-refractivity contribution is 0.255. The Morgan fingerprint density at radius 3 is 2.38 bits per heavy atom. The van der Waals surface area contributed by atoms with Crippen molar-refractivity contribution in [1.82, 2.24) is 9.88 Å². The van der Waals surface area contributed by atoms with Gasteiger partial charge in [-0.25, -0.2) is 8.78 Å². The number of H-pyrrole nitrogens is 1. The van der Waals surface area contributed by atoms with Gasteiger partial charge in [0.05, 0.1) is 0 Å². The van der Waals surface area contributed by atoms with Crippen molar-refractivity contribution in [3.8, 4) is 11.1 Å². The molecule has 3 aromatic carbocycles. The fourth-order valence-electron chi connectivity index (χ4n) is 4.70. The predicted octanol–water partition coefficient (Wildman–Crippen LogP) is 5.87. The van der Waals surface area contributed by atoms with E-state index >= 15 is 0 Å². The molecule has 164 valence electrons. The van der Waals surface area contributed by atoms with Gasteiger partial charge in [-0.15, -0.1) is 0 Å². The molecular formula is C27H27F2N3. The van der Waals surface area contributed by atoms with Crippen LogP contribution in [0.5, 0.6) is 0 Å². The largest absolute Gasteiger partial charge is 0.368 e. The highest BCUT2D eigenvalue weighted by Gasteiger charge is 2.20. The molecule has 3 nitrogen and oxygen atoms in total. The average Bonchev–Trinajstić information content (AvgIpc) is 3.22. The summed E-state index contributed by atoms with van der Waals surface area (Å²) in [5.41, 5.74) is 5.25. The predicted molar refractivity (Wildman–Crippen MR) is 127 cm³/mol. The first-order valence-corrected chi connectivity index (χ1v) is 11.3. The summed E-state index contributed by atoms with van der Waals surface area (Å²) in [5, 5.41) is 0.986. The van der Waals surface area contributed by atoms with E-state index in [1.165, 1.54) is 11.6 Å². The zero-order chi connectivity index (χ0) is 21.9.